The van der Waals surface area contributed by atoms with Crippen LogP contribution in [0, 0.1) is 6.92 Å². The molecule has 0 bridgehead atoms. The molecule has 0 atom stereocenters. The Morgan fingerprint density at radius 2 is 2.00 bits per heavy atom. The molecule has 1 nitrogen and oxygen atoms in total. The van der Waals surface area contributed by atoms with Gasteiger partial charge in [-0.15, -0.1) is 0 Å². The lowest BCUT2D eigenvalue weighted by Crippen LogP contribution is -1.89. The number of nitrogens with zero attached hydrogens (tertiary/aromatic N) is 1. The van der Waals surface area contributed by atoms with Crippen LogP contribution in [0.2, 0.25) is 0 Å². The second-order valence-electron chi connectivity index (χ2n) is 2.63. The highest BCUT2D eigenvalue weighted by atomic mass is 14.7. The van der Waals surface area contributed by atoms with E-state index >= 15 is 0 Å². The number of rotatable bonds is 2. The molecule has 76 valence electrons. The fourth-order valence-electron chi connectivity index (χ4n) is 1.14. The zero-order chi connectivity index (χ0) is 11.0. The van der Waals surface area contributed by atoms with Gasteiger partial charge in [-0.25, -0.2) is 0 Å². The fraction of sp³-hybridized carbons (Fsp3) is 0.308. The standard InChI is InChI=1S/C11H13N.C2H6/c1-4-6-10-9(3)7-8-12-11(10)5-2;1-2/h4-8H,2H2,1,3H3;1-2H3/b6-4-;. The van der Waals surface area contributed by atoms with Gasteiger partial charge in [0.05, 0.1) is 5.69 Å². The van der Waals surface area contributed by atoms with E-state index in [0.717, 1.165) is 11.3 Å². The smallest absolute Gasteiger partial charge is 0.0698 e. The second kappa shape index (κ2) is 7.07. The molecule has 0 unspecified atom stereocenters. The minimum absolute atomic E-state index is 0.952. The Balaban J connectivity index is 0.000000791. The summed E-state index contributed by atoms with van der Waals surface area (Å²) < 4.78 is 0. The van der Waals surface area contributed by atoms with Crippen molar-refractivity contribution in [3.05, 3.63) is 41.7 Å². The van der Waals surface area contributed by atoms with Crippen molar-refractivity contribution in [1.82, 2.24) is 4.98 Å². The summed E-state index contributed by atoms with van der Waals surface area (Å²) in [6.45, 7) is 11.8. The van der Waals surface area contributed by atoms with Gasteiger partial charge in [0.2, 0.25) is 0 Å². The van der Waals surface area contributed by atoms with Crippen LogP contribution in [0.3, 0.4) is 0 Å². The lowest BCUT2D eigenvalue weighted by molar-refractivity contribution is 1.24. The van der Waals surface area contributed by atoms with Crippen LogP contribution in [0.4, 0.5) is 0 Å². The first-order valence-electron chi connectivity index (χ1n) is 5.00. The van der Waals surface area contributed by atoms with Gasteiger partial charge in [-0.1, -0.05) is 32.6 Å². The number of pyridine rings is 1. The molecule has 1 heterocycles. The summed E-state index contributed by atoms with van der Waals surface area (Å²) in [6.07, 6.45) is 7.65. The van der Waals surface area contributed by atoms with Gasteiger partial charge < -0.3 is 0 Å². The van der Waals surface area contributed by atoms with Crippen LogP contribution >= 0.6 is 0 Å². The first-order chi connectivity index (χ1) is 6.79. The summed E-state index contributed by atoms with van der Waals surface area (Å²) in [5, 5.41) is 0. The lowest BCUT2D eigenvalue weighted by atomic mass is 10.1. The molecule has 14 heavy (non-hydrogen) atoms. The zero-order valence-corrected chi connectivity index (χ0v) is 9.54. The van der Waals surface area contributed by atoms with Gasteiger partial charge in [0.15, 0.2) is 0 Å². The van der Waals surface area contributed by atoms with Gasteiger partial charge in [0, 0.05) is 11.8 Å². The molecule has 1 aromatic rings. The number of aromatic nitrogens is 1. The Labute approximate surface area is 87.2 Å². The maximum atomic E-state index is 4.21. The molecular weight excluding hydrogens is 170 g/mol. The van der Waals surface area contributed by atoms with E-state index in [1.807, 2.05) is 32.9 Å². The molecule has 1 heteroatoms. The van der Waals surface area contributed by atoms with Gasteiger partial charge in [-0.2, -0.15) is 0 Å². The van der Waals surface area contributed by atoms with Crippen molar-refractivity contribution in [2.24, 2.45) is 0 Å². The summed E-state index contributed by atoms with van der Waals surface area (Å²) >= 11 is 0. The highest BCUT2D eigenvalue weighted by Gasteiger charge is 1.98. The largest absolute Gasteiger partial charge is 0.256 e. The molecule has 1 rings (SSSR count). The lowest BCUT2D eigenvalue weighted by Gasteiger charge is -2.02. The molecule has 0 aliphatic carbocycles. The van der Waals surface area contributed by atoms with Gasteiger partial charge in [0.25, 0.3) is 0 Å². The number of allylic oxidation sites excluding steroid dienone is 1. The first kappa shape index (κ1) is 12.6. The molecule has 0 amide bonds. The Morgan fingerprint density at radius 1 is 1.36 bits per heavy atom. The number of aryl methyl sites for hydroxylation is 1. The SMILES string of the molecule is C=Cc1nccc(C)c1/C=C\C.CC. The molecule has 0 saturated carbocycles. The van der Waals surface area contributed by atoms with Crippen molar-refractivity contribution in [2.75, 3.05) is 0 Å². The van der Waals surface area contributed by atoms with E-state index < -0.39 is 0 Å². The Hall–Kier alpha value is -1.37. The van der Waals surface area contributed by atoms with Gasteiger partial charge in [0.1, 0.15) is 0 Å². The van der Waals surface area contributed by atoms with Crippen LogP contribution < -0.4 is 0 Å². The summed E-state index contributed by atoms with van der Waals surface area (Å²) in [5.74, 6) is 0. The molecule has 0 radical (unpaired) electrons. The highest BCUT2D eigenvalue weighted by molar-refractivity contribution is 5.63. The van der Waals surface area contributed by atoms with Crippen molar-refractivity contribution in [3.63, 3.8) is 0 Å². The predicted molar refractivity (Wildman–Crippen MR) is 65.1 cm³/mol. The van der Waals surface area contributed by atoms with Crippen molar-refractivity contribution < 1.29 is 0 Å². The highest BCUT2D eigenvalue weighted by Crippen LogP contribution is 2.14. The van der Waals surface area contributed by atoms with Crippen LogP contribution in [0.25, 0.3) is 12.2 Å². The minimum atomic E-state index is 0.952. The Kier molecular flexibility index (Phi) is 6.38. The molecule has 0 aromatic carbocycles. The summed E-state index contributed by atoms with van der Waals surface area (Å²) in [5.41, 5.74) is 3.35. The summed E-state index contributed by atoms with van der Waals surface area (Å²) in [4.78, 5) is 4.21. The van der Waals surface area contributed by atoms with Crippen LogP contribution in [-0.2, 0) is 0 Å². The zero-order valence-electron chi connectivity index (χ0n) is 9.54. The van der Waals surface area contributed by atoms with Crippen LogP contribution in [0.5, 0.6) is 0 Å². The van der Waals surface area contributed by atoms with E-state index in [9.17, 15) is 0 Å². The van der Waals surface area contributed by atoms with E-state index in [0.29, 0.717) is 0 Å². The minimum Gasteiger partial charge on any atom is -0.256 e. The monoisotopic (exact) mass is 189 g/mol. The molecule has 0 fully saturated rings. The first-order valence-corrected chi connectivity index (χ1v) is 5.00. The van der Waals surface area contributed by atoms with E-state index in [2.05, 4.69) is 24.6 Å². The van der Waals surface area contributed by atoms with Gasteiger partial charge in [-0.05, 0) is 31.6 Å². The maximum absolute atomic E-state index is 4.21. The summed E-state index contributed by atoms with van der Waals surface area (Å²) in [6, 6.07) is 2.00. The Bertz CT molecular complexity index is 311. The maximum Gasteiger partial charge on any atom is 0.0698 e. The predicted octanol–water partition coefficient (Wildman–Crippen LogP) is 4.09. The second-order valence-corrected chi connectivity index (χ2v) is 2.63. The average Bonchev–Trinajstić information content (AvgIpc) is 2.24. The van der Waals surface area contributed by atoms with Crippen LogP contribution in [-0.4, -0.2) is 4.98 Å². The van der Waals surface area contributed by atoms with Gasteiger partial charge in [-0.3, -0.25) is 4.98 Å². The van der Waals surface area contributed by atoms with Gasteiger partial charge >= 0.3 is 0 Å². The Morgan fingerprint density at radius 3 is 2.50 bits per heavy atom. The normalized spacial score (nSPS) is 9.43. The van der Waals surface area contributed by atoms with Crippen LogP contribution in [0.1, 0.15) is 37.6 Å². The third-order valence-electron chi connectivity index (χ3n) is 1.77. The molecule has 0 aliphatic rings. The fourth-order valence-corrected chi connectivity index (χ4v) is 1.14. The van der Waals surface area contributed by atoms with E-state index in [-0.39, 0.29) is 0 Å². The quantitative estimate of drug-likeness (QED) is 0.682. The molecule has 0 saturated heterocycles. The van der Waals surface area contributed by atoms with Crippen LogP contribution in [0.15, 0.2) is 24.9 Å². The average molecular weight is 189 g/mol. The van der Waals surface area contributed by atoms with E-state index in [1.54, 1.807) is 12.3 Å². The third-order valence-corrected chi connectivity index (χ3v) is 1.77. The number of hydrogen-bond acceptors (Lipinski definition) is 1. The molecule has 0 spiro atoms. The van der Waals surface area contributed by atoms with Crippen molar-refractivity contribution in [2.45, 2.75) is 27.7 Å². The third kappa shape index (κ3) is 3.17. The van der Waals surface area contributed by atoms with E-state index in [4.69, 9.17) is 0 Å². The van der Waals surface area contributed by atoms with Crippen molar-refractivity contribution in [1.29, 1.82) is 0 Å². The molecule has 1 aromatic heterocycles. The topological polar surface area (TPSA) is 12.9 Å². The molecular formula is C13H19N. The molecule has 0 aliphatic heterocycles. The number of hydrogen-bond donors (Lipinski definition) is 0. The van der Waals surface area contributed by atoms with Crippen molar-refractivity contribution in [3.8, 4) is 0 Å². The molecule has 0 N–H and O–H groups in total. The van der Waals surface area contributed by atoms with E-state index in [1.165, 1.54) is 5.56 Å². The summed E-state index contributed by atoms with van der Waals surface area (Å²) in [7, 11) is 0. The van der Waals surface area contributed by atoms with Crippen molar-refractivity contribution >= 4 is 12.2 Å².